The van der Waals surface area contributed by atoms with Crippen LogP contribution < -0.4 is 5.73 Å². The Balaban J connectivity index is 3.07. The van der Waals surface area contributed by atoms with Crippen molar-refractivity contribution in [2.45, 2.75) is 40.0 Å². The van der Waals surface area contributed by atoms with Gasteiger partial charge in [0.1, 0.15) is 5.82 Å². The van der Waals surface area contributed by atoms with Crippen LogP contribution in [0.5, 0.6) is 0 Å². The zero-order valence-corrected chi connectivity index (χ0v) is 12.5. The fourth-order valence-electron chi connectivity index (χ4n) is 2.51. The molecule has 0 radical (unpaired) electrons. The molecule has 1 atom stereocenters. The highest BCUT2D eigenvalue weighted by atomic mass is 19.1. The van der Waals surface area contributed by atoms with E-state index in [1.807, 2.05) is 13.8 Å². The lowest BCUT2D eigenvalue weighted by atomic mass is 9.77. The van der Waals surface area contributed by atoms with Gasteiger partial charge in [-0.2, -0.15) is 0 Å². The maximum atomic E-state index is 13.2. The summed E-state index contributed by atoms with van der Waals surface area (Å²) in [6.45, 7) is 6.22. The van der Waals surface area contributed by atoms with Crippen molar-refractivity contribution in [2.75, 3.05) is 13.2 Å². The normalized spacial score (nSPS) is 13.8. The van der Waals surface area contributed by atoms with Gasteiger partial charge in [0.25, 0.3) is 0 Å². The summed E-state index contributed by atoms with van der Waals surface area (Å²) < 4.78 is 18.4. The second-order valence-corrected chi connectivity index (χ2v) is 5.20. The van der Waals surface area contributed by atoms with Crippen LogP contribution in [0.3, 0.4) is 0 Å². The Bertz CT molecular complexity index is 462. The Kier molecular flexibility index (Phi) is 6.14. The zero-order chi connectivity index (χ0) is 15.2. The number of ether oxygens (including phenoxy) is 1. The van der Waals surface area contributed by atoms with Gasteiger partial charge >= 0.3 is 5.97 Å². The molecule has 0 fully saturated rings. The fourth-order valence-corrected chi connectivity index (χ4v) is 2.51. The first kappa shape index (κ1) is 16.6. The molecule has 0 bridgehead atoms. The molecule has 0 aliphatic heterocycles. The molecule has 1 unspecified atom stereocenters. The number of hydrogen-bond acceptors (Lipinski definition) is 3. The van der Waals surface area contributed by atoms with Gasteiger partial charge in [-0.05, 0) is 49.9 Å². The lowest BCUT2D eigenvalue weighted by Gasteiger charge is -2.30. The standard InChI is InChI=1S/C16H24FNO2/c1-4-8-16(11-18,15(19)20-5-2)10-13-6-7-14(17)9-12(13)3/h6-7,9H,4-5,8,10-11,18H2,1-3H3. The second kappa shape index (κ2) is 7.39. The zero-order valence-electron chi connectivity index (χ0n) is 12.5. The van der Waals surface area contributed by atoms with E-state index in [1.165, 1.54) is 12.1 Å². The molecule has 1 rings (SSSR count). The van der Waals surface area contributed by atoms with E-state index in [4.69, 9.17) is 10.5 Å². The van der Waals surface area contributed by atoms with Gasteiger partial charge in [0.2, 0.25) is 0 Å². The highest BCUT2D eigenvalue weighted by molar-refractivity contribution is 5.77. The number of esters is 1. The minimum absolute atomic E-state index is 0.233. The molecule has 4 heteroatoms. The van der Waals surface area contributed by atoms with Gasteiger partial charge in [-0.1, -0.05) is 19.4 Å². The Hall–Kier alpha value is -1.42. The average Bonchev–Trinajstić information content (AvgIpc) is 2.41. The van der Waals surface area contributed by atoms with E-state index in [2.05, 4.69) is 0 Å². The number of carbonyl (C=O) groups is 1. The molecule has 0 saturated heterocycles. The first-order valence-corrected chi connectivity index (χ1v) is 7.11. The molecular formula is C16H24FNO2. The van der Waals surface area contributed by atoms with Gasteiger partial charge in [-0.15, -0.1) is 0 Å². The van der Waals surface area contributed by atoms with Crippen molar-refractivity contribution in [3.8, 4) is 0 Å². The molecule has 0 heterocycles. The van der Waals surface area contributed by atoms with Crippen LogP contribution in [0.15, 0.2) is 18.2 Å². The van der Waals surface area contributed by atoms with E-state index in [0.29, 0.717) is 19.4 Å². The Morgan fingerprint density at radius 3 is 2.60 bits per heavy atom. The first-order valence-electron chi connectivity index (χ1n) is 7.11. The van der Waals surface area contributed by atoms with Gasteiger partial charge in [0.05, 0.1) is 12.0 Å². The summed E-state index contributed by atoms with van der Waals surface area (Å²) in [5.74, 6) is -0.524. The molecule has 2 N–H and O–H groups in total. The summed E-state index contributed by atoms with van der Waals surface area (Å²) in [5.41, 5.74) is 6.94. The highest BCUT2D eigenvalue weighted by Crippen LogP contribution is 2.31. The number of rotatable bonds is 7. The van der Waals surface area contributed by atoms with Crippen LogP contribution in [-0.4, -0.2) is 19.1 Å². The Morgan fingerprint density at radius 2 is 2.10 bits per heavy atom. The monoisotopic (exact) mass is 281 g/mol. The van der Waals surface area contributed by atoms with E-state index in [0.717, 1.165) is 17.5 Å². The molecule has 0 aliphatic carbocycles. The van der Waals surface area contributed by atoms with E-state index < -0.39 is 5.41 Å². The SMILES string of the molecule is CCCC(CN)(Cc1ccc(F)cc1C)C(=O)OCC. The van der Waals surface area contributed by atoms with Crippen LogP contribution in [0.4, 0.5) is 4.39 Å². The van der Waals surface area contributed by atoms with Gasteiger partial charge in [0.15, 0.2) is 0 Å². The van der Waals surface area contributed by atoms with Crippen molar-refractivity contribution >= 4 is 5.97 Å². The van der Waals surface area contributed by atoms with Crippen molar-refractivity contribution in [3.63, 3.8) is 0 Å². The molecule has 0 amide bonds. The maximum Gasteiger partial charge on any atom is 0.313 e. The van der Waals surface area contributed by atoms with Crippen LogP contribution >= 0.6 is 0 Å². The molecule has 20 heavy (non-hydrogen) atoms. The summed E-state index contributed by atoms with van der Waals surface area (Å²) >= 11 is 0. The molecule has 0 aliphatic rings. The third-order valence-corrected chi connectivity index (χ3v) is 3.66. The molecule has 1 aromatic rings. The van der Waals surface area contributed by atoms with Crippen LogP contribution in [0.1, 0.15) is 37.8 Å². The van der Waals surface area contributed by atoms with Gasteiger partial charge in [-0.25, -0.2) is 4.39 Å². The Morgan fingerprint density at radius 1 is 1.40 bits per heavy atom. The molecule has 3 nitrogen and oxygen atoms in total. The van der Waals surface area contributed by atoms with Crippen LogP contribution in [0.25, 0.3) is 0 Å². The largest absolute Gasteiger partial charge is 0.466 e. The minimum atomic E-state index is -0.715. The summed E-state index contributed by atoms with van der Waals surface area (Å²) in [6, 6.07) is 4.62. The summed E-state index contributed by atoms with van der Waals surface area (Å²) in [4.78, 5) is 12.3. The number of aryl methyl sites for hydroxylation is 1. The quantitative estimate of drug-likeness (QED) is 0.782. The van der Waals surface area contributed by atoms with Crippen molar-refractivity contribution in [2.24, 2.45) is 11.1 Å². The smallest absolute Gasteiger partial charge is 0.313 e. The lowest BCUT2D eigenvalue weighted by Crippen LogP contribution is -2.42. The highest BCUT2D eigenvalue weighted by Gasteiger charge is 2.38. The summed E-state index contributed by atoms with van der Waals surface area (Å²) in [5, 5.41) is 0. The number of benzene rings is 1. The topological polar surface area (TPSA) is 52.3 Å². The van der Waals surface area contributed by atoms with Crippen LogP contribution in [-0.2, 0) is 16.0 Å². The minimum Gasteiger partial charge on any atom is -0.466 e. The van der Waals surface area contributed by atoms with Crippen molar-refractivity contribution < 1.29 is 13.9 Å². The summed E-state index contributed by atoms with van der Waals surface area (Å²) in [7, 11) is 0. The van der Waals surface area contributed by atoms with E-state index in [1.54, 1.807) is 13.0 Å². The van der Waals surface area contributed by atoms with E-state index >= 15 is 0 Å². The van der Waals surface area contributed by atoms with Gasteiger partial charge < -0.3 is 10.5 Å². The number of carbonyl (C=O) groups excluding carboxylic acids is 1. The summed E-state index contributed by atoms with van der Waals surface area (Å²) in [6.07, 6.45) is 2.00. The van der Waals surface area contributed by atoms with Crippen LogP contribution in [0.2, 0.25) is 0 Å². The van der Waals surface area contributed by atoms with E-state index in [-0.39, 0.29) is 18.3 Å². The van der Waals surface area contributed by atoms with Crippen LogP contribution in [0, 0.1) is 18.2 Å². The molecule has 0 saturated carbocycles. The molecule has 0 spiro atoms. The van der Waals surface area contributed by atoms with Gasteiger partial charge in [-0.3, -0.25) is 4.79 Å². The number of halogens is 1. The fraction of sp³-hybridized carbons (Fsp3) is 0.562. The maximum absolute atomic E-state index is 13.2. The molecular weight excluding hydrogens is 257 g/mol. The second-order valence-electron chi connectivity index (χ2n) is 5.20. The molecule has 1 aromatic carbocycles. The molecule has 112 valence electrons. The number of hydrogen-bond donors (Lipinski definition) is 1. The number of nitrogens with two attached hydrogens (primary N) is 1. The third kappa shape index (κ3) is 3.79. The predicted molar refractivity (Wildman–Crippen MR) is 77.9 cm³/mol. The third-order valence-electron chi connectivity index (χ3n) is 3.66. The van der Waals surface area contributed by atoms with Gasteiger partial charge in [0, 0.05) is 6.54 Å². The first-order chi connectivity index (χ1) is 9.49. The average molecular weight is 281 g/mol. The van der Waals surface area contributed by atoms with Crippen molar-refractivity contribution in [1.29, 1.82) is 0 Å². The van der Waals surface area contributed by atoms with Crippen molar-refractivity contribution in [3.05, 3.63) is 35.1 Å². The van der Waals surface area contributed by atoms with E-state index in [9.17, 15) is 9.18 Å². The molecule has 0 aromatic heterocycles. The van der Waals surface area contributed by atoms with Crippen molar-refractivity contribution in [1.82, 2.24) is 0 Å². The Labute approximate surface area is 120 Å². The predicted octanol–water partition coefficient (Wildman–Crippen LogP) is 2.98. The lowest BCUT2D eigenvalue weighted by molar-refractivity contribution is -0.155.